The maximum Gasteiger partial charge on any atom is 0.320 e. The zero-order chi connectivity index (χ0) is 16.4. The van der Waals surface area contributed by atoms with Crippen LogP contribution in [0.4, 0.5) is 5.69 Å². The molecule has 2 saturated heterocycles. The molecule has 1 N–H and O–H groups in total. The smallest absolute Gasteiger partial charge is 0.320 e. The van der Waals surface area contributed by atoms with Crippen LogP contribution in [0.1, 0.15) is 25.7 Å². The van der Waals surface area contributed by atoms with Crippen LogP contribution >= 0.6 is 0 Å². The second kappa shape index (κ2) is 6.58. The standard InChI is InChI=1S/C17H22N2O4/c1-23-15-8-3-2-6-12(15)19-11-9-13(16(19)20)18-10-5-4-7-14(18)17(21)22/h2-3,6,8,13-14H,4-5,7,9-11H2,1H3,(H,21,22)/t13-,14-/m1/s1. The number of hydrogen-bond acceptors (Lipinski definition) is 4. The Bertz CT molecular complexity index is 604. The number of aliphatic carboxylic acids is 1. The lowest BCUT2D eigenvalue weighted by Gasteiger charge is -2.36. The van der Waals surface area contributed by atoms with Gasteiger partial charge in [-0.25, -0.2) is 0 Å². The van der Waals surface area contributed by atoms with Gasteiger partial charge in [0.05, 0.1) is 18.8 Å². The van der Waals surface area contributed by atoms with E-state index in [1.807, 2.05) is 29.2 Å². The van der Waals surface area contributed by atoms with Crippen molar-refractivity contribution in [3.63, 3.8) is 0 Å². The molecular weight excluding hydrogens is 296 g/mol. The van der Waals surface area contributed by atoms with Gasteiger partial charge in [0.25, 0.3) is 0 Å². The van der Waals surface area contributed by atoms with E-state index in [2.05, 4.69) is 0 Å². The molecule has 0 aliphatic carbocycles. The normalized spacial score (nSPS) is 25.6. The molecule has 0 bridgehead atoms. The Morgan fingerprint density at radius 3 is 2.74 bits per heavy atom. The van der Waals surface area contributed by atoms with Crippen LogP contribution in [0.2, 0.25) is 0 Å². The molecule has 3 rings (SSSR count). The molecule has 0 unspecified atom stereocenters. The highest BCUT2D eigenvalue weighted by molar-refractivity contribution is 6.00. The zero-order valence-corrected chi connectivity index (χ0v) is 13.3. The molecule has 0 saturated carbocycles. The maximum atomic E-state index is 12.9. The molecule has 2 aliphatic rings. The van der Waals surface area contributed by atoms with E-state index in [4.69, 9.17) is 4.74 Å². The number of methoxy groups -OCH3 is 1. The van der Waals surface area contributed by atoms with E-state index in [-0.39, 0.29) is 11.9 Å². The van der Waals surface area contributed by atoms with Gasteiger partial charge >= 0.3 is 5.97 Å². The van der Waals surface area contributed by atoms with Gasteiger partial charge in [0.1, 0.15) is 11.8 Å². The molecule has 0 radical (unpaired) electrons. The minimum atomic E-state index is -0.826. The van der Waals surface area contributed by atoms with E-state index < -0.39 is 12.0 Å². The highest BCUT2D eigenvalue weighted by Gasteiger charge is 2.42. The number of piperidine rings is 1. The second-order valence-electron chi connectivity index (χ2n) is 6.05. The fraction of sp³-hybridized carbons (Fsp3) is 0.529. The number of carbonyl (C=O) groups is 2. The average molecular weight is 318 g/mol. The topological polar surface area (TPSA) is 70.1 Å². The number of rotatable bonds is 4. The summed E-state index contributed by atoms with van der Waals surface area (Å²) in [6.07, 6.45) is 3.13. The third-order valence-corrected chi connectivity index (χ3v) is 4.78. The number of hydrogen-bond donors (Lipinski definition) is 1. The summed E-state index contributed by atoms with van der Waals surface area (Å²) in [5, 5.41) is 9.43. The predicted molar refractivity (Wildman–Crippen MR) is 85.7 cm³/mol. The second-order valence-corrected chi connectivity index (χ2v) is 6.05. The van der Waals surface area contributed by atoms with E-state index in [9.17, 15) is 14.7 Å². The van der Waals surface area contributed by atoms with E-state index >= 15 is 0 Å². The molecule has 0 spiro atoms. The number of ether oxygens (including phenoxy) is 1. The van der Waals surface area contributed by atoms with Crippen LogP contribution < -0.4 is 9.64 Å². The number of carbonyl (C=O) groups excluding carboxylic acids is 1. The van der Waals surface area contributed by atoms with E-state index in [0.717, 1.165) is 18.5 Å². The number of carboxylic acids is 1. The summed E-state index contributed by atoms with van der Waals surface area (Å²) in [5.41, 5.74) is 0.756. The van der Waals surface area contributed by atoms with Crippen molar-refractivity contribution in [2.24, 2.45) is 0 Å². The summed E-state index contributed by atoms with van der Waals surface area (Å²) in [4.78, 5) is 28.0. The number of benzene rings is 1. The van der Waals surface area contributed by atoms with Crippen molar-refractivity contribution in [3.8, 4) is 5.75 Å². The Hall–Kier alpha value is -2.08. The summed E-state index contributed by atoms with van der Waals surface area (Å²) >= 11 is 0. The quantitative estimate of drug-likeness (QED) is 0.916. The molecule has 2 heterocycles. The highest BCUT2D eigenvalue weighted by Crippen LogP contribution is 2.33. The Morgan fingerprint density at radius 1 is 1.22 bits per heavy atom. The first kappa shape index (κ1) is 15.8. The molecule has 1 aromatic carbocycles. The van der Waals surface area contributed by atoms with Crippen molar-refractivity contribution in [3.05, 3.63) is 24.3 Å². The molecule has 1 amide bonds. The molecule has 23 heavy (non-hydrogen) atoms. The van der Waals surface area contributed by atoms with E-state index in [1.54, 1.807) is 12.0 Å². The monoisotopic (exact) mass is 318 g/mol. The van der Waals surface area contributed by atoms with Crippen molar-refractivity contribution >= 4 is 17.6 Å². The minimum absolute atomic E-state index is 0.0253. The summed E-state index contributed by atoms with van der Waals surface area (Å²) in [5.74, 6) is -0.189. The summed E-state index contributed by atoms with van der Waals surface area (Å²) in [6.45, 7) is 1.26. The third-order valence-electron chi connectivity index (χ3n) is 4.78. The molecule has 124 valence electrons. The summed E-state index contributed by atoms with van der Waals surface area (Å²) < 4.78 is 5.34. The van der Waals surface area contributed by atoms with Crippen molar-refractivity contribution < 1.29 is 19.4 Å². The summed E-state index contributed by atoms with van der Waals surface area (Å²) in [6, 6.07) is 6.54. The first-order valence-corrected chi connectivity index (χ1v) is 8.06. The van der Waals surface area contributed by atoms with Crippen LogP contribution in [0.15, 0.2) is 24.3 Å². The Morgan fingerprint density at radius 2 is 2.00 bits per heavy atom. The maximum absolute atomic E-state index is 12.9. The lowest BCUT2D eigenvalue weighted by molar-refractivity contribution is -0.146. The molecule has 2 atom stereocenters. The predicted octanol–water partition coefficient (Wildman–Crippen LogP) is 1.74. The number of amides is 1. The van der Waals surface area contributed by atoms with Crippen LogP contribution in [0, 0.1) is 0 Å². The Labute approximate surface area is 135 Å². The fourth-order valence-corrected chi connectivity index (χ4v) is 3.66. The Balaban J connectivity index is 1.82. The van der Waals surface area contributed by atoms with Crippen LogP contribution in [0.5, 0.6) is 5.75 Å². The molecule has 1 aromatic rings. The van der Waals surface area contributed by atoms with Gasteiger partial charge in [-0.1, -0.05) is 18.6 Å². The lowest BCUT2D eigenvalue weighted by atomic mass is 9.99. The molecule has 0 aromatic heterocycles. The van der Waals surface area contributed by atoms with Crippen molar-refractivity contribution in [1.29, 1.82) is 0 Å². The van der Waals surface area contributed by atoms with Crippen LogP contribution in [0.25, 0.3) is 0 Å². The molecule has 6 heteroatoms. The van der Waals surface area contributed by atoms with Crippen molar-refractivity contribution in [2.45, 2.75) is 37.8 Å². The fourth-order valence-electron chi connectivity index (χ4n) is 3.66. The first-order chi connectivity index (χ1) is 11.1. The van der Waals surface area contributed by atoms with E-state index in [0.29, 0.717) is 31.7 Å². The zero-order valence-electron chi connectivity index (χ0n) is 13.3. The van der Waals surface area contributed by atoms with Gasteiger partial charge in [-0.3, -0.25) is 14.5 Å². The van der Waals surface area contributed by atoms with Crippen molar-refractivity contribution in [1.82, 2.24) is 4.90 Å². The van der Waals surface area contributed by atoms with Gasteiger partial charge in [-0.05, 0) is 37.9 Å². The average Bonchev–Trinajstić information content (AvgIpc) is 2.96. The van der Waals surface area contributed by atoms with Gasteiger partial charge in [0, 0.05) is 6.54 Å². The van der Waals surface area contributed by atoms with Crippen LogP contribution in [0.3, 0.4) is 0 Å². The van der Waals surface area contributed by atoms with Gasteiger partial charge in [0.2, 0.25) is 5.91 Å². The molecule has 2 aliphatic heterocycles. The third kappa shape index (κ3) is 2.91. The van der Waals surface area contributed by atoms with Crippen molar-refractivity contribution in [2.75, 3.05) is 25.1 Å². The first-order valence-electron chi connectivity index (χ1n) is 8.06. The van der Waals surface area contributed by atoms with Gasteiger partial charge < -0.3 is 14.7 Å². The van der Waals surface area contributed by atoms with Gasteiger partial charge in [-0.15, -0.1) is 0 Å². The number of anilines is 1. The number of likely N-dealkylation sites (tertiary alicyclic amines) is 1. The SMILES string of the molecule is COc1ccccc1N1CC[C@@H](N2CCCC[C@@H]2C(=O)O)C1=O. The minimum Gasteiger partial charge on any atom is -0.495 e. The molecule has 2 fully saturated rings. The molecular formula is C17H22N2O4. The van der Waals surface area contributed by atoms with E-state index in [1.165, 1.54) is 0 Å². The summed E-state index contributed by atoms with van der Waals surface area (Å²) in [7, 11) is 1.59. The van der Waals surface area contributed by atoms with Gasteiger partial charge in [-0.2, -0.15) is 0 Å². The van der Waals surface area contributed by atoms with Crippen LogP contribution in [-0.2, 0) is 9.59 Å². The number of para-hydroxylation sites is 2. The Kier molecular flexibility index (Phi) is 4.52. The number of nitrogens with zero attached hydrogens (tertiary/aromatic N) is 2. The highest BCUT2D eigenvalue weighted by atomic mass is 16.5. The lowest BCUT2D eigenvalue weighted by Crippen LogP contribution is -2.52. The number of carboxylic acid groups (broad SMARTS) is 1. The largest absolute Gasteiger partial charge is 0.495 e. The molecule has 6 nitrogen and oxygen atoms in total. The van der Waals surface area contributed by atoms with Gasteiger partial charge in [0.15, 0.2) is 0 Å². The van der Waals surface area contributed by atoms with Crippen LogP contribution in [-0.4, -0.2) is 54.2 Å².